The van der Waals surface area contributed by atoms with E-state index >= 15 is 0 Å². The number of benzene rings is 2. The van der Waals surface area contributed by atoms with Crippen LogP contribution in [0.3, 0.4) is 0 Å². The van der Waals surface area contributed by atoms with Crippen LogP contribution < -0.4 is 14.4 Å². The largest absolute Gasteiger partial charge is 0.493 e. The van der Waals surface area contributed by atoms with Gasteiger partial charge in [-0.2, -0.15) is 5.10 Å². The molecule has 0 atom stereocenters. The van der Waals surface area contributed by atoms with E-state index in [9.17, 15) is 4.79 Å². The second-order valence-corrected chi connectivity index (χ2v) is 7.45. The normalized spacial score (nSPS) is 15.9. The Morgan fingerprint density at radius 1 is 1.03 bits per heavy atom. The molecule has 0 aliphatic carbocycles. The molecule has 0 unspecified atom stereocenters. The van der Waals surface area contributed by atoms with E-state index < -0.39 is 5.41 Å². The molecule has 6 heteroatoms. The highest BCUT2D eigenvalue weighted by atomic mass is 16.5. The van der Waals surface area contributed by atoms with Crippen LogP contribution in [-0.2, 0) is 10.2 Å². The molecule has 6 nitrogen and oxygen atoms in total. The lowest BCUT2D eigenvalue weighted by molar-refractivity contribution is -0.123. The van der Waals surface area contributed by atoms with Gasteiger partial charge in [0.2, 0.25) is 0 Å². The molecule has 2 aromatic carbocycles. The van der Waals surface area contributed by atoms with Crippen molar-refractivity contribution in [3.63, 3.8) is 0 Å². The fourth-order valence-corrected chi connectivity index (χ4v) is 4.33. The Morgan fingerprint density at radius 2 is 1.69 bits per heavy atom. The van der Waals surface area contributed by atoms with Gasteiger partial charge in [-0.15, -0.1) is 5.10 Å². The van der Waals surface area contributed by atoms with E-state index in [1.165, 1.54) is 0 Å². The summed E-state index contributed by atoms with van der Waals surface area (Å²) in [7, 11) is 3.24. The highest BCUT2D eigenvalue weighted by Crippen LogP contribution is 2.40. The number of anilines is 1. The molecule has 0 spiro atoms. The molecular weight excluding hydrogens is 366 g/mol. The Kier molecular flexibility index (Phi) is 5.09. The zero-order valence-electron chi connectivity index (χ0n) is 17.0. The van der Waals surface area contributed by atoms with Crippen molar-refractivity contribution < 1.29 is 14.3 Å². The first-order valence-electron chi connectivity index (χ1n) is 9.78. The van der Waals surface area contributed by atoms with Gasteiger partial charge in [-0.25, -0.2) is 0 Å². The number of rotatable bonds is 5. The molecule has 1 aromatic heterocycles. The number of methoxy groups -OCH3 is 2. The third-order valence-electron chi connectivity index (χ3n) is 6.06. The maximum absolute atomic E-state index is 12.7. The summed E-state index contributed by atoms with van der Waals surface area (Å²) in [6.07, 6.45) is 3.23. The minimum absolute atomic E-state index is 0.221. The third-order valence-corrected chi connectivity index (χ3v) is 6.06. The number of Topliss-reactive ketones (excluding diaryl/α,β-unsaturated/α-hetero) is 1. The van der Waals surface area contributed by atoms with Gasteiger partial charge in [-0.1, -0.05) is 30.3 Å². The van der Waals surface area contributed by atoms with Crippen molar-refractivity contribution in [1.82, 2.24) is 10.2 Å². The third kappa shape index (κ3) is 3.28. The highest BCUT2D eigenvalue weighted by Gasteiger charge is 2.40. The van der Waals surface area contributed by atoms with Gasteiger partial charge in [-0.05, 0) is 37.5 Å². The van der Waals surface area contributed by atoms with Crippen molar-refractivity contribution in [3.05, 3.63) is 54.2 Å². The summed E-state index contributed by atoms with van der Waals surface area (Å²) in [5.41, 5.74) is 0.666. The van der Waals surface area contributed by atoms with Crippen LogP contribution in [0.5, 0.6) is 11.5 Å². The second kappa shape index (κ2) is 7.70. The summed E-state index contributed by atoms with van der Waals surface area (Å²) in [5.74, 6) is 2.36. The van der Waals surface area contributed by atoms with Crippen molar-refractivity contribution in [2.45, 2.75) is 25.2 Å². The number of aromatic nitrogens is 2. The molecule has 0 saturated carbocycles. The molecular formula is C23H25N3O3. The molecule has 0 bridgehead atoms. The zero-order chi connectivity index (χ0) is 20.4. The Labute approximate surface area is 170 Å². The van der Waals surface area contributed by atoms with E-state index in [4.69, 9.17) is 9.47 Å². The Hall–Kier alpha value is -3.15. The number of carbonyl (C=O) groups excluding carboxylic acids is 1. The van der Waals surface area contributed by atoms with Crippen molar-refractivity contribution >= 4 is 22.4 Å². The molecule has 0 radical (unpaired) electrons. The maximum atomic E-state index is 12.7. The predicted molar refractivity (Wildman–Crippen MR) is 113 cm³/mol. The lowest BCUT2D eigenvalue weighted by Gasteiger charge is -2.41. The van der Waals surface area contributed by atoms with E-state index in [-0.39, 0.29) is 5.78 Å². The van der Waals surface area contributed by atoms with Gasteiger partial charge in [0.15, 0.2) is 17.3 Å². The Bertz CT molecular complexity index is 1030. The van der Waals surface area contributed by atoms with Crippen LogP contribution in [0.1, 0.15) is 25.3 Å². The standard InChI is InChI=1S/C23H25N3O3/c1-16(27)23(18-7-5-4-6-8-18)9-11-26(12-10-23)22-19-14-21(29-3)20(28-2)13-17(19)15-24-25-22/h4-8,13-15H,9-12H2,1-3H3. The van der Waals surface area contributed by atoms with Crippen LogP contribution in [-0.4, -0.2) is 43.3 Å². The van der Waals surface area contributed by atoms with E-state index in [1.807, 2.05) is 30.3 Å². The predicted octanol–water partition coefficient (Wildman–Crippen LogP) is 3.77. The summed E-state index contributed by atoms with van der Waals surface area (Å²) < 4.78 is 10.9. The van der Waals surface area contributed by atoms with E-state index in [2.05, 4.69) is 27.2 Å². The van der Waals surface area contributed by atoms with Crippen molar-refractivity contribution in [2.24, 2.45) is 0 Å². The van der Waals surface area contributed by atoms with E-state index in [0.717, 1.165) is 48.1 Å². The molecule has 1 aliphatic heterocycles. The summed E-state index contributed by atoms with van der Waals surface area (Å²) in [4.78, 5) is 14.9. The second-order valence-electron chi connectivity index (χ2n) is 7.45. The molecule has 1 saturated heterocycles. The lowest BCUT2D eigenvalue weighted by atomic mass is 9.70. The average Bonchev–Trinajstić information content (AvgIpc) is 2.78. The topological polar surface area (TPSA) is 64.6 Å². The first kappa shape index (κ1) is 19.2. The zero-order valence-corrected chi connectivity index (χ0v) is 17.0. The molecule has 4 rings (SSSR count). The molecule has 2 heterocycles. The number of hydrogen-bond donors (Lipinski definition) is 0. The fourth-order valence-electron chi connectivity index (χ4n) is 4.33. The van der Waals surface area contributed by atoms with Gasteiger partial charge >= 0.3 is 0 Å². The Morgan fingerprint density at radius 3 is 2.31 bits per heavy atom. The fraction of sp³-hybridized carbons (Fsp3) is 0.348. The number of piperidine rings is 1. The molecule has 0 N–H and O–H groups in total. The van der Waals surface area contributed by atoms with Crippen molar-refractivity contribution in [1.29, 1.82) is 0 Å². The number of carbonyl (C=O) groups is 1. The van der Waals surface area contributed by atoms with Gasteiger partial charge in [0, 0.05) is 23.9 Å². The minimum Gasteiger partial charge on any atom is -0.493 e. The van der Waals surface area contributed by atoms with Crippen molar-refractivity contribution in [2.75, 3.05) is 32.2 Å². The van der Waals surface area contributed by atoms with Crippen LogP contribution >= 0.6 is 0 Å². The average molecular weight is 391 g/mol. The molecule has 1 fully saturated rings. The van der Waals surface area contributed by atoms with Gasteiger partial charge < -0.3 is 14.4 Å². The minimum atomic E-state index is -0.434. The maximum Gasteiger partial charge on any atom is 0.161 e. The van der Waals surface area contributed by atoms with Gasteiger partial charge in [0.05, 0.1) is 25.8 Å². The number of fused-ring (bicyclic) bond motifs is 1. The smallest absolute Gasteiger partial charge is 0.161 e. The summed E-state index contributed by atoms with van der Waals surface area (Å²) in [5, 5.41) is 10.5. The van der Waals surface area contributed by atoms with Crippen molar-refractivity contribution in [3.8, 4) is 11.5 Å². The Balaban J connectivity index is 1.68. The quantitative estimate of drug-likeness (QED) is 0.660. The van der Waals surface area contributed by atoms with Crippen LogP contribution in [0.25, 0.3) is 10.8 Å². The first-order valence-corrected chi connectivity index (χ1v) is 9.78. The van der Waals surface area contributed by atoms with E-state index in [1.54, 1.807) is 27.3 Å². The van der Waals surface area contributed by atoms with Crippen LogP contribution in [0.2, 0.25) is 0 Å². The summed E-state index contributed by atoms with van der Waals surface area (Å²) in [6, 6.07) is 14.0. The molecule has 3 aromatic rings. The molecule has 0 amide bonds. The van der Waals surface area contributed by atoms with Gasteiger partial charge in [0.1, 0.15) is 5.78 Å². The SMILES string of the molecule is COc1cc2cnnc(N3CCC(C(C)=O)(c4ccccc4)CC3)c2cc1OC. The van der Waals surface area contributed by atoms with Crippen LogP contribution in [0.15, 0.2) is 48.7 Å². The van der Waals surface area contributed by atoms with Crippen LogP contribution in [0, 0.1) is 0 Å². The number of nitrogens with zero attached hydrogens (tertiary/aromatic N) is 3. The number of hydrogen-bond acceptors (Lipinski definition) is 6. The highest BCUT2D eigenvalue weighted by molar-refractivity contribution is 5.94. The molecule has 150 valence electrons. The number of ketones is 1. The van der Waals surface area contributed by atoms with Gasteiger partial charge in [-0.3, -0.25) is 4.79 Å². The monoisotopic (exact) mass is 391 g/mol. The molecule has 29 heavy (non-hydrogen) atoms. The summed E-state index contributed by atoms with van der Waals surface area (Å²) >= 11 is 0. The first-order chi connectivity index (χ1) is 14.1. The van der Waals surface area contributed by atoms with E-state index in [0.29, 0.717) is 11.5 Å². The van der Waals surface area contributed by atoms with Gasteiger partial charge in [0.25, 0.3) is 0 Å². The lowest BCUT2D eigenvalue weighted by Crippen LogP contribution is -2.47. The summed E-state index contributed by atoms with van der Waals surface area (Å²) in [6.45, 7) is 3.17. The molecule has 1 aliphatic rings. The van der Waals surface area contributed by atoms with Crippen LogP contribution in [0.4, 0.5) is 5.82 Å². The number of ether oxygens (including phenoxy) is 2.